The molecule has 0 unspecified atom stereocenters. The van der Waals surface area contributed by atoms with Crippen LogP contribution in [-0.4, -0.2) is 22.6 Å². The lowest BCUT2D eigenvalue weighted by atomic mass is 10.1. The fourth-order valence-electron chi connectivity index (χ4n) is 2.76. The average Bonchev–Trinajstić information content (AvgIpc) is 3.02. The van der Waals surface area contributed by atoms with Crippen LogP contribution in [-0.2, 0) is 11.3 Å². The minimum atomic E-state index is -0.630. The van der Waals surface area contributed by atoms with Crippen LogP contribution in [0.5, 0.6) is 0 Å². The number of fused-ring (bicyclic) bond motifs is 1. The lowest BCUT2D eigenvalue weighted by Crippen LogP contribution is -2.09. The van der Waals surface area contributed by atoms with Crippen molar-refractivity contribution in [1.82, 2.24) is 9.55 Å². The Kier molecular flexibility index (Phi) is 5.26. The van der Waals surface area contributed by atoms with E-state index in [1.54, 1.807) is 10.6 Å². The van der Waals surface area contributed by atoms with Crippen molar-refractivity contribution in [3.8, 4) is 0 Å². The molecule has 1 heterocycles. The van der Waals surface area contributed by atoms with Gasteiger partial charge in [-0.25, -0.2) is 14.2 Å². The van der Waals surface area contributed by atoms with E-state index >= 15 is 4.39 Å². The molecule has 7 heteroatoms. The number of methoxy groups -OCH3 is 1. The Balaban J connectivity index is 2.22. The van der Waals surface area contributed by atoms with Gasteiger partial charge < -0.3 is 14.6 Å². The Hall–Kier alpha value is -2.42. The summed E-state index contributed by atoms with van der Waals surface area (Å²) in [6.45, 7) is 6.01. The minimum Gasteiger partial charge on any atom is -0.465 e. The number of halogens is 2. The maximum Gasteiger partial charge on any atom is 0.340 e. The van der Waals surface area contributed by atoms with Gasteiger partial charge in [0.1, 0.15) is 5.52 Å². The van der Waals surface area contributed by atoms with Gasteiger partial charge in [-0.3, -0.25) is 0 Å². The summed E-state index contributed by atoms with van der Waals surface area (Å²) in [4.78, 5) is 16.4. The molecule has 0 aliphatic rings. The Labute approximate surface area is 164 Å². The van der Waals surface area contributed by atoms with Gasteiger partial charge in [0, 0.05) is 15.8 Å². The van der Waals surface area contributed by atoms with Crippen LogP contribution < -0.4 is 5.32 Å². The largest absolute Gasteiger partial charge is 0.465 e. The van der Waals surface area contributed by atoms with E-state index in [4.69, 9.17) is 4.74 Å². The summed E-state index contributed by atoms with van der Waals surface area (Å²) in [5.74, 6) is -1.19. The minimum absolute atomic E-state index is 0.0690. The number of allylic oxidation sites excluding steroid dienone is 1. The maximum absolute atomic E-state index is 15.4. The third-order valence-electron chi connectivity index (χ3n) is 4.02. The number of aryl methyl sites for hydroxylation is 1. The number of esters is 1. The zero-order valence-electron chi connectivity index (χ0n) is 14.3. The number of ether oxygens (including phenoxy) is 1. The number of anilines is 2. The third-order valence-corrected chi connectivity index (χ3v) is 4.69. The lowest BCUT2D eigenvalue weighted by molar-refractivity contribution is 0.0601. The number of carbonyl (C=O) groups excluding carboxylic acids is 1. The second-order valence-electron chi connectivity index (χ2n) is 5.74. The first-order valence-corrected chi connectivity index (χ1v) is 8.93. The summed E-state index contributed by atoms with van der Waals surface area (Å²) in [5, 5.41) is 3.06. The predicted octanol–water partition coefficient (Wildman–Crippen LogP) is 4.80. The fraction of sp³-hybridized carbons (Fsp3) is 0.158. The van der Waals surface area contributed by atoms with Crippen molar-refractivity contribution < 1.29 is 13.9 Å². The Morgan fingerprint density at radius 1 is 1.46 bits per heavy atom. The van der Waals surface area contributed by atoms with Gasteiger partial charge in [0.05, 0.1) is 30.2 Å². The van der Waals surface area contributed by atoms with E-state index in [9.17, 15) is 4.79 Å². The molecule has 0 fully saturated rings. The number of hydrogen-bond acceptors (Lipinski definition) is 4. The normalized spacial score (nSPS) is 10.8. The number of carbonyl (C=O) groups is 1. The summed E-state index contributed by atoms with van der Waals surface area (Å²) >= 11 is 2.21. The molecule has 0 spiro atoms. The summed E-state index contributed by atoms with van der Waals surface area (Å²) in [7, 11) is 1.26. The van der Waals surface area contributed by atoms with Gasteiger partial charge in [-0.2, -0.15) is 0 Å². The molecule has 3 rings (SSSR count). The third kappa shape index (κ3) is 3.31. The Morgan fingerprint density at radius 2 is 2.23 bits per heavy atom. The van der Waals surface area contributed by atoms with Crippen molar-refractivity contribution in [2.75, 3.05) is 12.4 Å². The predicted molar refractivity (Wildman–Crippen MR) is 108 cm³/mol. The monoisotopic (exact) mass is 465 g/mol. The highest BCUT2D eigenvalue weighted by molar-refractivity contribution is 14.1. The zero-order valence-corrected chi connectivity index (χ0v) is 16.5. The number of hydrogen-bond donors (Lipinski definition) is 1. The molecule has 2 aromatic carbocycles. The molecule has 0 atom stereocenters. The molecule has 0 saturated heterocycles. The van der Waals surface area contributed by atoms with E-state index in [2.05, 4.69) is 39.5 Å². The molecule has 3 aromatic rings. The number of rotatable bonds is 5. The van der Waals surface area contributed by atoms with Crippen LogP contribution in [0.25, 0.3) is 11.0 Å². The number of aromatic nitrogens is 2. The maximum atomic E-state index is 15.4. The number of nitrogens with one attached hydrogen (secondary N) is 1. The van der Waals surface area contributed by atoms with Gasteiger partial charge in [-0.15, -0.1) is 6.58 Å². The van der Waals surface area contributed by atoms with Crippen molar-refractivity contribution in [2.24, 2.45) is 0 Å². The second-order valence-corrected chi connectivity index (χ2v) is 6.99. The smallest absolute Gasteiger partial charge is 0.340 e. The SMILES string of the molecule is C=CCn1cnc2cc(C(=O)OC)c(Nc3ccc(I)cc3C)c(F)c21. The molecule has 0 saturated carbocycles. The molecule has 0 amide bonds. The van der Waals surface area contributed by atoms with Crippen molar-refractivity contribution in [1.29, 1.82) is 0 Å². The highest BCUT2D eigenvalue weighted by Gasteiger charge is 2.22. The summed E-state index contributed by atoms with van der Waals surface area (Å²) < 4.78 is 22.9. The molecule has 1 N–H and O–H groups in total. The van der Waals surface area contributed by atoms with E-state index < -0.39 is 11.8 Å². The van der Waals surface area contributed by atoms with E-state index in [0.717, 1.165) is 9.13 Å². The Morgan fingerprint density at radius 3 is 2.88 bits per heavy atom. The summed E-state index contributed by atoms with van der Waals surface area (Å²) in [5.41, 5.74) is 2.51. The van der Waals surface area contributed by atoms with Gasteiger partial charge in [0.15, 0.2) is 5.82 Å². The molecule has 26 heavy (non-hydrogen) atoms. The van der Waals surface area contributed by atoms with Crippen LogP contribution >= 0.6 is 22.6 Å². The van der Waals surface area contributed by atoms with Gasteiger partial charge in [0.2, 0.25) is 0 Å². The first kappa shape index (κ1) is 18.4. The van der Waals surface area contributed by atoms with Crippen LogP contribution in [0.15, 0.2) is 43.2 Å². The lowest BCUT2D eigenvalue weighted by Gasteiger charge is -2.15. The highest BCUT2D eigenvalue weighted by Crippen LogP contribution is 2.32. The van der Waals surface area contributed by atoms with Crippen molar-refractivity contribution in [3.05, 3.63) is 63.8 Å². The van der Waals surface area contributed by atoms with Gasteiger partial charge in [-0.1, -0.05) is 6.08 Å². The fourth-order valence-corrected chi connectivity index (χ4v) is 3.41. The average molecular weight is 465 g/mol. The van der Waals surface area contributed by atoms with Gasteiger partial charge in [-0.05, 0) is 59.3 Å². The second kappa shape index (κ2) is 7.45. The molecule has 0 bridgehead atoms. The van der Waals surface area contributed by atoms with Crippen LogP contribution in [0.3, 0.4) is 0 Å². The summed E-state index contributed by atoms with van der Waals surface area (Å²) in [6.07, 6.45) is 3.18. The first-order valence-electron chi connectivity index (χ1n) is 7.86. The van der Waals surface area contributed by atoms with Crippen LogP contribution in [0.4, 0.5) is 15.8 Å². The van der Waals surface area contributed by atoms with E-state index in [0.29, 0.717) is 23.3 Å². The molecular weight excluding hydrogens is 448 g/mol. The molecule has 5 nitrogen and oxygen atoms in total. The zero-order chi connectivity index (χ0) is 18.8. The van der Waals surface area contributed by atoms with Crippen molar-refractivity contribution >= 4 is 51.0 Å². The summed E-state index contributed by atoms with van der Waals surface area (Å²) in [6, 6.07) is 7.27. The Bertz CT molecular complexity index is 1010. The standard InChI is InChI=1S/C19H17FIN3O2/c1-4-7-24-10-22-15-9-13(19(25)26-3)17(16(20)18(15)24)23-14-6-5-12(21)8-11(14)2/h4-6,8-10,23H,1,7H2,2-3H3. The van der Waals surface area contributed by atoms with Crippen molar-refractivity contribution in [3.63, 3.8) is 0 Å². The molecule has 1 aromatic heterocycles. The number of benzene rings is 2. The van der Waals surface area contributed by atoms with Crippen LogP contribution in [0, 0.1) is 16.3 Å². The van der Waals surface area contributed by atoms with Gasteiger partial charge >= 0.3 is 5.97 Å². The highest BCUT2D eigenvalue weighted by atomic mass is 127. The van der Waals surface area contributed by atoms with Crippen LogP contribution in [0.1, 0.15) is 15.9 Å². The van der Waals surface area contributed by atoms with Crippen LogP contribution in [0.2, 0.25) is 0 Å². The van der Waals surface area contributed by atoms with Crippen molar-refractivity contribution in [2.45, 2.75) is 13.5 Å². The first-order chi connectivity index (χ1) is 12.5. The van der Waals surface area contributed by atoms with Gasteiger partial charge in [0.25, 0.3) is 0 Å². The van der Waals surface area contributed by atoms with E-state index in [-0.39, 0.29) is 11.3 Å². The number of imidazole rings is 1. The number of nitrogens with zero attached hydrogens (tertiary/aromatic N) is 2. The molecule has 134 valence electrons. The molecular formula is C19H17FIN3O2. The van der Waals surface area contributed by atoms with E-state index in [1.807, 2.05) is 25.1 Å². The molecule has 0 aliphatic heterocycles. The quantitative estimate of drug-likeness (QED) is 0.334. The topological polar surface area (TPSA) is 56.2 Å². The molecule has 0 radical (unpaired) electrons. The molecule has 0 aliphatic carbocycles. The van der Waals surface area contributed by atoms with E-state index in [1.165, 1.54) is 19.5 Å².